The van der Waals surface area contributed by atoms with Crippen molar-refractivity contribution in [1.29, 1.82) is 0 Å². The quantitative estimate of drug-likeness (QED) is 0.391. The van der Waals surface area contributed by atoms with Crippen LogP contribution in [-0.2, 0) is 11.9 Å². The maximum Gasteiger partial charge on any atom is 0.416 e. The molecule has 2 aromatic carbocycles. The number of hydrogen-bond acceptors (Lipinski definition) is 4. The number of rotatable bonds is 6. The lowest BCUT2D eigenvalue weighted by Crippen LogP contribution is -2.15. The average Bonchev–Trinajstić information content (AvgIpc) is 3.22. The highest BCUT2D eigenvalue weighted by molar-refractivity contribution is 7.98. The molecular weight excluding hydrogens is 423 g/mol. The molecule has 0 radical (unpaired) electrons. The lowest BCUT2D eigenvalue weighted by atomic mass is 9.95. The first kappa shape index (κ1) is 21.7. The van der Waals surface area contributed by atoms with E-state index in [0.717, 1.165) is 52.8 Å². The summed E-state index contributed by atoms with van der Waals surface area (Å²) in [4.78, 5) is 0. The standard InChI is InChI=1S/C23H24F3N3OS/c1-30-20-13-9-17(10-14-20)21-27-28-22(29(21)19-5-3-2-4-6-19)31-15-16-7-11-18(12-8-16)23(24,25)26/h7-14,19H,2-6,15H2,1H3. The number of hydrogen-bond donors (Lipinski definition) is 0. The van der Waals surface area contributed by atoms with E-state index < -0.39 is 11.7 Å². The van der Waals surface area contributed by atoms with Crippen molar-refractivity contribution in [2.24, 2.45) is 0 Å². The average molecular weight is 448 g/mol. The minimum absolute atomic E-state index is 0.330. The zero-order valence-electron chi connectivity index (χ0n) is 17.2. The molecule has 8 heteroatoms. The Bertz CT molecular complexity index is 994. The third kappa shape index (κ3) is 5.06. The molecule has 0 unspecified atom stereocenters. The van der Waals surface area contributed by atoms with Crippen molar-refractivity contribution in [2.75, 3.05) is 7.11 Å². The van der Waals surface area contributed by atoms with E-state index in [1.165, 1.54) is 43.2 Å². The molecular formula is C23H24F3N3OS. The number of methoxy groups -OCH3 is 1. The van der Waals surface area contributed by atoms with Crippen LogP contribution in [0.4, 0.5) is 13.2 Å². The highest BCUT2D eigenvalue weighted by atomic mass is 32.2. The van der Waals surface area contributed by atoms with Gasteiger partial charge in [-0.3, -0.25) is 4.57 Å². The van der Waals surface area contributed by atoms with Gasteiger partial charge < -0.3 is 4.74 Å². The Kier molecular flexibility index (Phi) is 6.55. The Hall–Kier alpha value is -2.48. The molecule has 164 valence electrons. The summed E-state index contributed by atoms with van der Waals surface area (Å²) in [6.07, 6.45) is 1.43. The highest BCUT2D eigenvalue weighted by Crippen LogP contribution is 2.37. The van der Waals surface area contributed by atoms with E-state index in [9.17, 15) is 13.2 Å². The van der Waals surface area contributed by atoms with Crippen LogP contribution in [0.1, 0.15) is 49.3 Å². The fourth-order valence-corrected chi connectivity index (χ4v) is 4.88. The van der Waals surface area contributed by atoms with Gasteiger partial charge >= 0.3 is 6.18 Å². The van der Waals surface area contributed by atoms with Gasteiger partial charge in [0, 0.05) is 17.4 Å². The molecule has 4 rings (SSSR count). The number of benzene rings is 2. The van der Waals surface area contributed by atoms with Crippen LogP contribution in [0.2, 0.25) is 0 Å². The fraction of sp³-hybridized carbons (Fsp3) is 0.391. The molecule has 0 saturated heterocycles. The van der Waals surface area contributed by atoms with Gasteiger partial charge in [0.25, 0.3) is 0 Å². The van der Waals surface area contributed by atoms with Crippen LogP contribution in [0.15, 0.2) is 53.7 Å². The minimum Gasteiger partial charge on any atom is -0.497 e. The van der Waals surface area contributed by atoms with Crippen LogP contribution in [0, 0.1) is 0 Å². The highest BCUT2D eigenvalue weighted by Gasteiger charge is 2.30. The first-order valence-electron chi connectivity index (χ1n) is 10.3. The van der Waals surface area contributed by atoms with E-state index >= 15 is 0 Å². The molecule has 0 aliphatic heterocycles. The molecule has 1 aliphatic carbocycles. The number of nitrogens with zero attached hydrogens (tertiary/aromatic N) is 3. The summed E-state index contributed by atoms with van der Waals surface area (Å²) in [7, 11) is 1.63. The lowest BCUT2D eigenvalue weighted by molar-refractivity contribution is -0.137. The van der Waals surface area contributed by atoms with Gasteiger partial charge in [0.2, 0.25) is 0 Å². The van der Waals surface area contributed by atoms with Crippen LogP contribution in [-0.4, -0.2) is 21.9 Å². The molecule has 0 amide bonds. The molecule has 0 N–H and O–H groups in total. The van der Waals surface area contributed by atoms with Gasteiger partial charge in [-0.15, -0.1) is 10.2 Å². The van der Waals surface area contributed by atoms with Gasteiger partial charge in [-0.25, -0.2) is 0 Å². The van der Waals surface area contributed by atoms with Crippen molar-refractivity contribution < 1.29 is 17.9 Å². The molecule has 0 atom stereocenters. The number of alkyl halides is 3. The second-order valence-corrected chi connectivity index (χ2v) is 8.62. The largest absolute Gasteiger partial charge is 0.497 e. The SMILES string of the molecule is COc1ccc(-c2nnc(SCc3ccc(C(F)(F)F)cc3)n2C2CCCCC2)cc1. The van der Waals surface area contributed by atoms with Crippen LogP contribution in [0.5, 0.6) is 5.75 Å². The molecule has 4 nitrogen and oxygen atoms in total. The Labute approximate surface area is 183 Å². The van der Waals surface area contributed by atoms with Crippen molar-refractivity contribution in [1.82, 2.24) is 14.8 Å². The molecule has 1 aliphatic rings. The first-order chi connectivity index (χ1) is 15.0. The molecule has 1 fully saturated rings. The maximum atomic E-state index is 12.8. The van der Waals surface area contributed by atoms with Gasteiger partial charge in [-0.2, -0.15) is 13.2 Å². The van der Waals surface area contributed by atoms with Crippen LogP contribution in [0.3, 0.4) is 0 Å². The normalized spacial score (nSPS) is 15.2. The topological polar surface area (TPSA) is 39.9 Å². The smallest absolute Gasteiger partial charge is 0.416 e. The van der Waals surface area contributed by atoms with Crippen molar-refractivity contribution >= 4 is 11.8 Å². The fourth-order valence-electron chi connectivity index (χ4n) is 3.92. The summed E-state index contributed by atoms with van der Waals surface area (Å²) in [6, 6.07) is 13.4. The van der Waals surface area contributed by atoms with E-state index in [1.54, 1.807) is 7.11 Å². The van der Waals surface area contributed by atoms with Crippen molar-refractivity contribution in [2.45, 2.75) is 55.2 Å². The van der Waals surface area contributed by atoms with E-state index in [1.807, 2.05) is 24.3 Å². The van der Waals surface area contributed by atoms with E-state index in [-0.39, 0.29) is 0 Å². The monoisotopic (exact) mass is 447 g/mol. The minimum atomic E-state index is -4.32. The second kappa shape index (κ2) is 9.34. The second-order valence-electron chi connectivity index (χ2n) is 7.68. The lowest BCUT2D eigenvalue weighted by Gasteiger charge is -2.25. The molecule has 0 bridgehead atoms. The Morgan fingerprint density at radius 1 is 0.968 bits per heavy atom. The Morgan fingerprint density at radius 3 is 2.26 bits per heavy atom. The zero-order valence-corrected chi connectivity index (χ0v) is 18.0. The molecule has 0 spiro atoms. The molecule has 31 heavy (non-hydrogen) atoms. The summed E-state index contributed by atoms with van der Waals surface area (Å²) in [5.74, 6) is 2.14. The van der Waals surface area contributed by atoms with Gasteiger partial charge in [-0.1, -0.05) is 43.2 Å². The number of thioether (sulfide) groups is 1. The molecule has 1 heterocycles. The van der Waals surface area contributed by atoms with Crippen molar-refractivity contribution in [3.63, 3.8) is 0 Å². The van der Waals surface area contributed by atoms with Crippen molar-refractivity contribution in [3.8, 4) is 17.1 Å². The number of ether oxygens (including phenoxy) is 1. The van der Waals surface area contributed by atoms with Crippen LogP contribution in [0.25, 0.3) is 11.4 Å². The van der Waals surface area contributed by atoms with Crippen LogP contribution < -0.4 is 4.74 Å². The predicted molar refractivity (Wildman–Crippen MR) is 115 cm³/mol. The molecule has 1 saturated carbocycles. The van der Waals surface area contributed by atoms with Gasteiger partial charge in [-0.05, 0) is 54.8 Å². The van der Waals surface area contributed by atoms with E-state index in [4.69, 9.17) is 4.74 Å². The van der Waals surface area contributed by atoms with Gasteiger partial charge in [0.15, 0.2) is 11.0 Å². The molecule has 1 aromatic heterocycles. The summed E-state index contributed by atoms with van der Waals surface area (Å²) in [6.45, 7) is 0. The van der Waals surface area contributed by atoms with E-state index in [2.05, 4.69) is 14.8 Å². The summed E-state index contributed by atoms with van der Waals surface area (Å²) >= 11 is 1.51. The number of halogens is 3. The van der Waals surface area contributed by atoms with Crippen molar-refractivity contribution in [3.05, 3.63) is 59.7 Å². The molecule has 3 aromatic rings. The van der Waals surface area contributed by atoms with E-state index in [0.29, 0.717) is 11.8 Å². The van der Waals surface area contributed by atoms with Gasteiger partial charge in [0.05, 0.1) is 12.7 Å². The Balaban J connectivity index is 1.58. The Morgan fingerprint density at radius 2 is 1.65 bits per heavy atom. The third-order valence-corrected chi connectivity index (χ3v) is 6.62. The summed E-state index contributed by atoms with van der Waals surface area (Å²) in [5.41, 5.74) is 1.16. The number of aromatic nitrogens is 3. The maximum absolute atomic E-state index is 12.8. The predicted octanol–water partition coefficient (Wildman–Crippen LogP) is 6.77. The summed E-state index contributed by atoms with van der Waals surface area (Å²) in [5, 5.41) is 9.73. The van der Waals surface area contributed by atoms with Crippen LogP contribution >= 0.6 is 11.8 Å². The zero-order chi connectivity index (χ0) is 21.8. The van der Waals surface area contributed by atoms with Gasteiger partial charge in [0.1, 0.15) is 5.75 Å². The third-order valence-electron chi connectivity index (χ3n) is 5.60. The first-order valence-corrected chi connectivity index (χ1v) is 11.3. The summed E-state index contributed by atoms with van der Waals surface area (Å²) < 4.78 is 45.9.